The minimum absolute atomic E-state index is 0.285. The van der Waals surface area contributed by atoms with Gasteiger partial charge in [0.1, 0.15) is 5.69 Å². The van der Waals surface area contributed by atoms with Crippen molar-refractivity contribution < 1.29 is 18.0 Å². The van der Waals surface area contributed by atoms with E-state index >= 15 is 0 Å². The van der Waals surface area contributed by atoms with Crippen LogP contribution in [-0.4, -0.2) is 30.5 Å². The van der Waals surface area contributed by atoms with Gasteiger partial charge in [-0.25, -0.2) is 0 Å². The van der Waals surface area contributed by atoms with Crippen molar-refractivity contribution in [3.63, 3.8) is 0 Å². The van der Waals surface area contributed by atoms with E-state index in [1.54, 1.807) is 28.7 Å². The Morgan fingerprint density at radius 2 is 2.07 bits per heavy atom. The second-order valence-corrected chi connectivity index (χ2v) is 7.11. The number of carbonyl (C=O) groups is 1. The van der Waals surface area contributed by atoms with Gasteiger partial charge in [0.05, 0.1) is 17.4 Å². The maximum Gasteiger partial charge on any atom is 0.433 e. The Kier molecular flexibility index (Phi) is 4.64. The average molecular weight is 404 g/mol. The van der Waals surface area contributed by atoms with Gasteiger partial charge in [-0.05, 0) is 38.0 Å². The van der Waals surface area contributed by atoms with Crippen LogP contribution in [0.2, 0.25) is 0 Å². The second-order valence-electron chi connectivity index (χ2n) is 7.11. The molecule has 1 aliphatic heterocycles. The summed E-state index contributed by atoms with van der Waals surface area (Å²) in [5, 5.41) is 11.6. The van der Waals surface area contributed by atoms with E-state index < -0.39 is 11.9 Å². The van der Waals surface area contributed by atoms with Gasteiger partial charge in [-0.2, -0.15) is 23.4 Å². The molecule has 4 heterocycles. The molecule has 3 aromatic rings. The summed E-state index contributed by atoms with van der Waals surface area (Å²) in [4.78, 5) is 16.0. The van der Waals surface area contributed by atoms with Crippen LogP contribution in [0.15, 0.2) is 30.6 Å². The number of fused-ring (bicyclic) bond motifs is 1. The van der Waals surface area contributed by atoms with E-state index in [1.807, 2.05) is 6.92 Å². The first kappa shape index (κ1) is 19.2. The van der Waals surface area contributed by atoms with Gasteiger partial charge in [0.15, 0.2) is 5.69 Å². The monoisotopic (exact) mass is 404 g/mol. The fraction of sp³-hybridized carbons (Fsp3) is 0.368. The first-order chi connectivity index (χ1) is 13.7. The third-order valence-corrected chi connectivity index (χ3v) is 4.91. The quantitative estimate of drug-likeness (QED) is 0.727. The zero-order chi connectivity index (χ0) is 20.8. The van der Waals surface area contributed by atoms with Crippen LogP contribution in [0.3, 0.4) is 0 Å². The fourth-order valence-corrected chi connectivity index (χ4v) is 3.57. The van der Waals surface area contributed by atoms with E-state index in [1.165, 1.54) is 6.07 Å². The molecule has 4 rings (SSSR count). The molecule has 1 atom stereocenters. The minimum Gasteiger partial charge on any atom is -0.342 e. The smallest absolute Gasteiger partial charge is 0.342 e. The highest BCUT2D eigenvalue weighted by Crippen LogP contribution is 2.32. The number of rotatable bonds is 3. The molecule has 0 bridgehead atoms. The summed E-state index contributed by atoms with van der Waals surface area (Å²) < 4.78 is 42.2. The highest BCUT2D eigenvalue weighted by molar-refractivity contribution is 5.93. The van der Waals surface area contributed by atoms with Gasteiger partial charge >= 0.3 is 6.18 Å². The second kappa shape index (κ2) is 7.02. The molecule has 0 fully saturated rings. The molecule has 7 nitrogen and oxygen atoms in total. The summed E-state index contributed by atoms with van der Waals surface area (Å²) in [5.41, 5.74) is 1.68. The highest BCUT2D eigenvalue weighted by atomic mass is 19.4. The van der Waals surface area contributed by atoms with Crippen LogP contribution in [0.5, 0.6) is 0 Å². The molecule has 1 aliphatic rings. The number of nitrogens with zero attached hydrogens (tertiary/aromatic N) is 5. The predicted molar refractivity (Wildman–Crippen MR) is 97.8 cm³/mol. The summed E-state index contributed by atoms with van der Waals surface area (Å²) in [5.74, 6) is -0.285. The fourth-order valence-electron chi connectivity index (χ4n) is 3.57. The molecule has 152 valence electrons. The van der Waals surface area contributed by atoms with Crippen molar-refractivity contribution >= 4 is 5.91 Å². The molecule has 0 spiro atoms. The van der Waals surface area contributed by atoms with Crippen LogP contribution in [0.25, 0.3) is 11.3 Å². The zero-order valence-electron chi connectivity index (χ0n) is 15.9. The molecule has 0 saturated heterocycles. The molecule has 29 heavy (non-hydrogen) atoms. The number of pyridine rings is 1. The van der Waals surface area contributed by atoms with Crippen molar-refractivity contribution in [3.05, 3.63) is 53.2 Å². The molecule has 0 aromatic carbocycles. The van der Waals surface area contributed by atoms with Crippen LogP contribution in [0.1, 0.15) is 46.3 Å². The SMILES string of the molecule is Cc1cn(C)nc1C(=O)N[C@@H]1CCCn2nc(-c3ccnc(C(F)(F)F)c3)cc21. The molecule has 0 aliphatic carbocycles. The number of halogens is 3. The Hall–Kier alpha value is -3.17. The van der Waals surface area contributed by atoms with Crippen LogP contribution >= 0.6 is 0 Å². The van der Waals surface area contributed by atoms with Crippen molar-refractivity contribution in [3.8, 4) is 11.3 Å². The molecular weight excluding hydrogens is 385 g/mol. The number of alkyl halides is 3. The number of aromatic nitrogens is 5. The molecule has 10 heteroatoms. The molecule has 0 radical (unpaired) electrons. The lowest BCUT2D eigenvalue weighted by atomic mass is 10.0. The van der Waals surface area contributed by atoms with E-state index in [4.69, 9.17) is 0 Å². The van der Waals surface area contributed by atoms with Crippen LogP contribution in [0.4, 0.5) is 13.2 Å². The lowest BCUT2D eigenvalue weighted by Gasteiger charge is -2.24. The molecule has 1 N–H and O–H groups in total. The van der Waals surface area contributed by atoms with Crippen LogP contribution in [-0.2, 0) is 19.8 Å². The molecule has 0 unspecified atom stereocenters. The van der Waals surface area contributed by atoms with Crippen molar-refractivity contribution in [2.45, 2.75) is 38.5 Å². The molecule has 3 aromatic heterocycles. The number of aryl methyl sites for hydroxylation is 3. The van der Waals surface area contributed by atoms with Crippen molar-refractivity contribution in [1.29, 1.82) is 0 Å². The Bertz CT molecular complexity index is 1070. The summed E-state index contributed by atoms with van der Waals surface area (Å²) >= 11 is 0. The van der Waals surface area contributed by atoms with E-state index in [9.17, 15) is 18.0 Å². The third-order valence-electron chi connectivity index (χ3n) is 4.91. The Balaban J connectivity index is 1.62. The maximum atomic E-state index is 13.0. The first-order valence-corrected chi connectivity index (χ1v) is 9.15. The average Bonchev–Trinajstić information content (AvgIpc) is 3.24. The lowest BCUT2D eigenvalue weighted by molar-refractivity contribution is -0.141. The van der Waals surface area contributed by atoms with Gasteiger partial charge in [-0.15, -0.1) is 0 Å². The van der Waals surface area contributed by atoms with Crippen LogP contribution < -0.4 is 5.32 Å². The lowest BCUT2D eigenvalue weighted by Crippen LogP contribution is -2.33. The third kappa shape index (κ3) is 3.74. The van der Waals surface area contributed by atoms with E-state index in [2.05, 4.69) is 20.5 Å². The predicted octanol–water partition coefficient (Wildman–Crippen LogP) is 3.27. The number of hydrogen-bond acceptors (Lipinski definition) is 4. The number of nitrogens with one attached hydrogen (secondary N) is 1. The topological polar surface area (TPSA) is 77.6 Å². The summed E-state index contributed by atoms with van der Waals surface area (Å²) in [6.45, 7) is 2.45. The molecular formula is C19H19F3N6O. The normalized spacial score (nSPS) is 16.5. The standard InChI is InChI=1S/C19H19F3N6O/c1-11-10-27(2)26-17(11)18(29)24-13-4-3-7-28-15(13)9-14(25-28)12-5-6-23-16(8-12)19(20,21)22/h5-6,8-10,13H,3-4,7H2,1-2H3,(H,24,29)/t13-/m1/s1. The summed E-state index contributed by atoms with van der Waals surface area (Å²) in [7, 11) is 1.75. The minimum atomic E-state index is -4.52. The Morgan fingerprint density at radius 1 is 1.28 bits per heavy atom. The van der Waals surface area contributed by atoms with Gasteiger partial charge in [0, 0.05) is 37.1 Å². The highest BCUT2D eigenvalue weighted by Gasteiger charge is 2.33. The largest absolute Gasteiger partial charge is 0.433 e. The molecule has 1 amide bonds. The van der Waals surface area contributed by atoms with Gasteiger partial charge in [0.2, 0.25) is 0 Å². The van der Waals surface area contributed by atoms with Gasteiger partial charge < -0.3 is 5.32 Å². The Morgan fingerprint density at radius 3 is 2.76 bits per heavy atom. The molecule has 0 saturated carbocycles. The maximum absolute atomic E-state index is 13.0. The van der Waals surface area contributed by atoms with Crippen molar-refractivity contribution in [2.75, 3.05) is 0 Å². The number of amides is 1. The van der Waals surface area contributed by atoms with Gasteiger partial charge in [-0.3, -0.25) is 19.1 Å². The van der Waals surface area contributed by atoms with Crippen molar-refractivity contribution in [2.24, 2.45) is 7.05 Å². The van der Waals surface area contributed by atoms with Crippen LogP contribution in [0, 0.1) is 6.92 Å². The van der Waals surface area contributed by atoms with E-state index in [0.717, 1.165) is 29.9 Å². The van der Waals surface area contributed by atoms with E-state index in [0.29, 0.717) is 29.9 Å². The number of carbonyl (C=O) groups excluding carboxylic acids is 1. The van der Waals surface area contributed by atoms with Gasteiger partial charge in [0.25, 0.3) is 5.91 Å². The Labute approximate surface area is 164 Å². The summed E-state index contributed by atoms with van der Waals surface area (Å²) in [6.07, 6.45) is -0.122. The van der Waals surface area contributed by atoms with E-state index in [-0.39, 0.29) is 11.9 Å². The summed E-state index contributed by atoms with van der Waals surface area (Å²) in [6, 6.07) is 3.92. The number of hydrogen-bond donors (Lipinski definition) is 1. The van der Waals surface area contributed by atoms with Gasteiger partial charge in [-0.1, -0.05) is 0 Å². The van der Waals surface area contributed by atoms with Crippen molar-refractivity contribution in [1.82, 2.24) is 29.9 Å². The first-order valence-electron chi connectivity index (χ1n) is 9.15. The zero-order valence-corrected chi connectivity index (χ0v) is 15.9.